The third-order valence-electron chi connectivity index (χ3n) is 6.81. The van der Waals surface area contributed by atoms with Gasteiger partial charge >= 0.3 is 6.09 Å². The lowest BCUT2D eigenvalue weighted by Gasteiger charge is -2.24. The highest BCUT2D eigenvalue weighted by Gasteiger charge is 2.26. The van der Waals surface area contributed by atoms with E-state index >= 15 is 0 Å². The second-order valence-electron chi connectivity index (χ2n) is 13.0. The third-order valence-corrected chi connectivity index (χ3v) is 6.81. The molecule has 0 saturated carbocycles. The maximum atomic E-state index is 13.7. The first-order valence-electron chi connectivity index (χ1n) is 15.0. The van der Waals surface area contributed by atoms with Gasteiger partial charge in [0.2, 0.25) is 5.91 Å². The fourth-order valence-corrected chi connectivity index (χ4v) is 4.95. The van der Waals surface area contributed by atoms with Crippen LogP contribution >= 0.6 is 0 Å². The topological polar surface area (TPSA) is 118 Å². The first-order valence-corrected chi connectivity index (χ1v) is 15.0. The number of alkyl carbamates (subject to hydrolysis) is 1. The number of fused-ring (bicyclic) bond motifs is 1. The van der Waals surface area contributed by atoms with Crippen molar-refractivity contribution in [2.45, 2.75) is 65.2 Å². The van der Waals surface area contributed by atoms with Gasteiger partial charge in [-0.2, -0.15) is 0 Å². The Hall–Kier alpha value is -5.25. The molecule has 3 aromatic heterocycles. The van der Waals surface area contributed by atoms with Crippen LogP contribution in [0.4, 0.5) is 15.0 Å². The molecular weight excluding hydrogens is 585 g/mol. The number of carbonyl (C=O) groups excluding carboxylic acids is 2. The van der Waals surface area contributed by atoms with E-state index in [4.69, 9.17) is 14.5 Å². The number of benzene rings is 2. The van der Waals surface area contributed by atoms with E-state index in [1.165, 1.54) is 12.1 Å². The van der Waals surface area contributed by atoms with Gasteiger partial charge in [-0.05, 0) is 119 Å². The van der Waals surface area contributed by atoms with Crippen LogP contribution < -0.4 is 15.4 Å². The molecule has 1 atom stereocenters. The summed E-state index contributed by atoms with van der Waals surface area (Å²) in [7, 11) is 0. The molecule has 2 aromatic carbocycles. The fraction of sp³-hybridized carbons (Fsp3) is 0.278. The summed E-state index contributed by atoms with van der Waals surface area (Å²) in [5, 5.41) is 6.38. The molecule has 2 amide bonds. The van der Waals surface area contributed by atoms with Gasteiger partial charge in [0.05, 0.1) is 5.69 Å². The monoisotopic (exact) mass is 623 g/mol. The lowest BCUT2D eigenvalue weighted by molar-refractivity contribution is -0.118. The zero-order chi connectivity index (χ0) is 33.1. The van der Waals surface area contributed by atoms with E-state index in [1.807, 2.05) is 63.2 Å². The number of carbonyl (C=O) groups is 2. The second-order valence-corrected chi connectivity index (χ2v) is 13.0. The number of hydrogen-bond donors (Lipinski definition) is 3. The number of pyridine rings is 2. The van der Waals surface area contributed by atoms with Crippen molar-refractivity contribution in [3.8, 4) is 28.1 Å². The summed E-state index contributed by atoms with van der Waals surface area (Å²) in [5.74, 6) is 0.187. The number of aromatic amines is 1. The minimum absolute atomic E-state index is 0.201. The van der Waals surface area contributed by atoms with Gasteiger partial charge in [-0.3, -0.25) is 9.78 Å². The lowest BCUT2D eigenvalue weighted by atomic mass is 10.00. The van der Waals surface area contributed by atoms with Crippen molar-refractivity contribution in [1.29, 1.82) is 0 Å². The molecule has 0 aliphatic carbocycles. The van der Waals surface area contributed by atoms with Crippen molar-refractivity contribution in [3.05, 3.63) is 96.6 Å². The zero-order valence-corrected chi connectivity index (χ0v) is 26.8. The maximum absolute atomic E-state index is 13.7. The summed E-state index contributed by atoms with van der Waals surface area (Å²) in [4.78, 5) is 38.6. The number of rotatable bonds is 8. The maximum Gasteiger partial charge on any atom is 0.408 e. The number of ether oxygens (including phenoxy) is 2. The molecule has 0 fully saturated rings. The number of nitrogens with one attached hydrogen (secondary N) is 3. The highest BCUT2D eigenvalue weighted by Crippen LogP contribution is 2.38. The summed E-state index contributed by atoms with van der Waals surface area (Å²) in [6, 6.07) is 20.0. The third kappa shape index (κ3) is 8.26. The van der Waals surface area contributed by atoms with E-state index in [9.17, 15) is 14.0 Å². The van der Waals surface area contributed by atoms with E-state index in [0.29, 0.717) is 11.4 Å². The Morgan fingerprint density at radius 2 is 1.52 bits per heavy atom. The molecule has 0 aliphatic heterocycles. The molecule has 46 heavy (non-hydrogen) atoms. The number of amides is 2. The Kier molecular flexibility index (Phi) is 9.09. The number of halogens is 1. The number of aromatic nitrogens is 3. The molecule has 1 unspecified atom stereocenters. The average Bonchev–Trinajstić information content (AvgIpc) is 3.35. The first-order chi connectivity index (χ1) is 21.7. The average molecular weight is 624 g/mol. The molecular formula is C36H38FN5O4. The minimum Gasteiger partial charge on any atom is -0.488 e. The predicted octanol–water partition coefficient (Wildman–Crippen LogP) is 7.68. The molecule has 5 aromatic rings. The quantitative estimate of drug-likeness (QED) is 0.163. The van der Waals surface area contributed by atoms with Gasteiger partial charge in [0, 0.05) is 29.8 Å². The zero-order valence-electron chi connectivity index (χ0n) is 26.8. The second kappa shape index (κ2) is 13.0. The van der Waals surface area contributed by atoms with Gasteiger partial charge in [-0.1, -0.05) is 12.1 Å². The molecule has 3 N–H and O–H groups in total. The number of H-pyrrole nitrogens is 1. The van der Waals surface area contributed by atoms with Crippen LogP contribution in [-0.2, 0) is 16.0 Å². The molecule has 238 valence electrons. The van der Waals surface area contributed by atoms with Gasteiger partial charge < -0.3 is 25.1 Å². The van der Waals surface area contributed by atoms with Crippen LogP contribution in [-0.4, -0.2) is 44.2 Å². The Bertz CT molecular complexity index is 1820. The van der Waals surface area contributed by atoms with Crippen molar-refractivity contribution in [2.24, 2.45) is 0 Å². The summed E-state index contributed by atoms with van der Waals surface area (Å²) >= 11 is 0. The van der Waals surface area contributed by atoms with Crippen LogP contribution in [0.5, 0.6) is 5.75 Å². The molecule has 0 spiro atoms. The first kappa shape index (κ1) is 32.2. The van der Waals surface area contributed by atoms with Crippen LogP contribution in [0.15, 0.2) is 85.2 Å². The fourth-order valence-electron chi connectivity index (χ4n) is 4.95. The van der Waals surface area contributed by atoms with Gasteiger partial charge in [-0.15, -0.1) is 0 Å². The number of hydrogen-bond acceptors (Lipinski definition) is 6. The molecule has 9 nitrogen and oxygen atoms in total. The van der Waals surface area contributed by atoms with Crippen LogP contribution in [0.1, 0.15) is 47.1 Å². The van der Waals surface area contributed by atoms with E-state index in [2.05, 4.69) is 20.6 Å². The molecule has 0 bridgehead atoms. The Morgan fingerprint density at radius 3 is 2.15 bits per heavy atom. The van der Waals surface area contributed by atoms with Crippen LogP contribution in [0, 0.1) is 5.82 Å². The molecule has 0 saturated heterocycles. The summed E-state index contributed by atoms with van der Waals surface area (Å²) in [5.41, 5.74) is 3.54. The Labute approximate surface area is 267 Å². The number of anilines is 1. The number of nitrogens with zero attached hydrogens (tertiary/aromatic N) is 2. The highest BCUT2D eigenvalue weighted by molar-refractivity contribution is 6.04. The normalized spacial score (nSPS) is 12.4. The summed E-state index contributed by atoms with van der Waals surface area (Å²) in [6.07, 6.45) is 2.90. The van der Waals surface area contributed by atoms with E-state index in [0.717, 1.165) is 33.3 Å². The summed E-state index contributed by atoms with van der Waals surface area (Å²) < 4.78 is 25.1. The van der Waals surface area contributed by atoms with E-state index < -0.39 is 23.6 Å². The summed E-state index contributed by atoms with van der Waals surface area (Å²) in [6.45, 7) is 11.2. The van der Waals surface area contributed by atoms with Gasteiger partial charge in [0.15, 0.2) is 0 Å². The largest absolute Gasteiger partial charge is 0.488 e. The van der Waals surface area contributed by atoms with E-state index in [-0.39, 0.29) is 23.7 Å². The van der Waals surface area contributed by atoms with Crippen molar-refractivity contribution >= 4 is 28.9 Å². The Morgan fingerprint density at radius 1 is 0.848 bits per heavy atom. The van der Waals surface area contributed by atoms with Gasteiger partial charge in [0.1, 0.15) is 40.3 Å². The molecule has 0 radical (unpaired) electrons. The molecule has 0 aliphatic rings. The van der Waals surface area contributed by atoms with Gasteiger partial charge in [-0.25, -0.2) is 14.2 Å². The van der Waals surface area contributed by atoms with Gasteiger partial charge in [0.25, 0.3) is 0 Å². The highest BCUT2D eigenvalue weighted by atomic mass is 19.1. The van der Waals surface area contributed by atoms with Crippen molar-refractivity contribution < 1.29 is 23.5 Å². The van der Waals surface area contributed by atoms with Crippen molar-refractivity contribution in [2.75, 3.05) is 5.32 Å². The Balaban J connectivity index is 1.43. The van der Waals surface area contributed by atoms with Crippen molar-refractivity contribution in [3.63, 3.8) is 0 Å². The van der Waals surface area contributed by atoms with Crippen LogP contribution in [0.2, 0.25) is 0 Å². The lowest BCUT2D eigenvalue weighted by Crippen LogP contribution is -2.47. The molecule has 5 rings (SSSR count). The predicted molar refractivity (Wildman–Crippen MR) is 177 cm³/mol. The molecule has 3 heterocycles. The SMILES string of the molecule is CC(C)(C)OC(=O)NC(Cc1ccc(OC(C)(C)C)cc1)C(=O)Nc1ccc2c(-c3ccncc3)c(-c3ccc(F)cc3)[nH]c2n1. The van der Waals surface area contributed by atoms with Crippen LogP contribution in [0.25, 0.3) is 33.4 Å². The minimum atomic E-state index is -0.965. The van der Waals surface area contributed by atoms with Crippen molar-refractivity contribution in [1.82, 2.24) is 20.3 Å². The van der Waals surface area contributed by atoms with Crippen LogP contribution in [0.3, 0.4) is 0 Å². The van der Waals surface area contributed by atoms with E-state index in [1.54, 1.807) is 51.4 Å². The standard InChI is InChI=1S/C36H38FN5O4/c1-35(2,3)45-26-13-7-22(8-14-26)21-28(39-34(44)46-36(4,5)6)33(43)41-29-16-15-27-30(23-17-19-38-20-18-23)31(42-32(27)40-29)24-9-11-25(37)12-10-24/h7-20,28H,21H2,1-6H3,(H,39,44)(H2,40,41,42,43). The molecule has 10 heteroatoms. The smallest absolute Gasteiger partial charge is 0.408 e.